The Labute approximate surface area is 175 Å². The highest BCUT2D eigenvalue weighted by Gasteiger charge is 2.55. The van der Waals surface area contributed by atoms with Crippen molar-refractivity contribution in [3.8, 4) is 11.4 Å². The lowest BCUT2D eigenvalue weighted by Crippen LogP contribution is -2.49. The number of carboxylic acids is 1. The molecule has 0 amide bonds. The minimum atomic E-state index is -0.676. The fraction of sp³-hybridized carbons (Fsp3) is 0.400. The van der Waals surface area contributed by atoms with Crippen molar-refractivity contribution in [2.24, 2.45) is 11.3 Å². The number of halogens is 1. The number of phenols is 1. The Balaban J connectivity index is 1.61. The van der Waals surface area contributed by atoms with Gasteiger partial charge in [0.2, 0.25) is 0 Å². The highest BCUT2D eigenvalue weighted by Crippen LogP contribution is 2.65. The van der Waals surface area contributed by atoms with Crippen molar-refractivity contribution in [2.75, 3.05) is 0 Å². The first-order chi connectivity index (χ1) is 14.3. The second-order valence-corrected chi connectivity index (χ2v) is 9.52. The summed E-state index contributed by atoms with van der Waals surface area (Å²) in [5.41, 5.74) is 4.53. The summed E-state index contributed by atoms with van der Waals surface area (Å²) in [6.07, 6.45) is 3.54. The number of carbonyl (C=O) groups is 1. The molecule has 0 radical (unpaired) electrons. The van der Waals surface area contributed by atoms with Gasteiger partial charge in [0.1, 0.15) is 11.6 Å². The van der Waals surface area contributed by atoms with Gasteiger partial charge in [-0.1, -0.05) is 13.8 Å². The molecule has 1 heterocycles. The Morgan fingerprint density at radius 1 is 1.10 bits per heavy atom. The molecule has 0 atom stereocenters. The molecule has 0 aliphatic heterocycles. The highest BCUT2D eigenvalue weighted by molar-refractivity contribution is 5.89. The van der Waals surface area contributed by atoms with Gasteiger partial charge in [0.05, 0.1) is 11.4 Å². The second-order valence-electron chi connectivity index (χ2n) is 9.52. The van der Waals surface area contributed by atoms with E-state index in [1.165, 1.54) is 23.4 Å². The fourth-order valence-corrected chi connectivity index (χ4v) is 5.87. The molecule has 0 saturated heterocycles. The zero-order valence-electron chi connectivity index (χ0n) is 17.2. The van der Waals surface area contributed by atoms with E-state index in [2.05, 4.69) is 18.4 Å². The van der Waals surface area contributed by atoms with Crippen LogP contribution in [0.3, 0.4) is 0 Å². The number of phenolic OH excluding ortho intramolecular Hbond substituents is 1. The van der Waals surface area contributed by atoms with Crippen LogP contribution in [0.1, 0.15) is 62.6 Å². The second kappa shape index (κ2) is 6.59. The quantitative estimate of drug-likeness (QED) is 0.561. The van der Waals surface area contributed by atoms with Crippen LogP contribution in [0.5, 0.6) is 5.75 Å². The van der Waals surface area contributed by atoms with E-state index in [-0.39, 0.29) is 28.8 Å². The van der Waals surface area contributed by atoms with E-state index >= 15 is 0 Å². The molecule has 5 heteroatoms. The molecule has 2 fully saturated rings. The van der Waals surface area contributed by atoms with Crippen molar-refractivity contribution in [3.05, 3.63) is 59.5 Å². The molecule has 2 saturated carbocycles. The summed E-state index contributed by atoms with van der Waals surface area (Å²) in [5, 5.41) is 20.5. The van der Waals surface area contributed by atoms with Gasteiger partial charge < -0.3 is 14.8 Å². The van der Waals surface area contributed by atoms with Crippen molar-refractivity contribution in [3.63, 3.8) is 0 Å². The van der Waals surface area contributed by atoms with E-state index in [0.29, 0.717) is 5.92 Å². The molecular weight excluding hydrogens is 381 g/mol. The molecule has 1 spiro atoms. The number of hydrogen-bond acceptors (Lipinski definition) is 2. The van der Waals surface area contributed by atoms with Crippen LogP contribution in [-0.2, 0) is 4.79 Å². The van der Waals surface area contributed by atoms with E-state index in [9.17, 15) is 19.4 Å². The maximum atomic E-state index is 13.6. The Bertz CT molecular complexity index is 1130. The van der Waals surface area contributed by atoms with Gasteiger partial charge in [-0.15, -0.1) is 0 Å². The van der Waals surface area contributed by atoms with Crippen molar-refractivity contribution in [2.45, 2.75) is 51.4 Å². The summed E-state index contributed by atoms with van der Waals surface area (Å²) in [5.74, 6) is -0.311. The molecule has 5 rings (SSSR count). The zero-order valence-corrected chi connectivity index (χ0v) is 17.2. The lowest BCUT2D eigenvalue weighted by molar-refractivity contribution is -0.155. The molecule has 0 unspecified atom stereocenters. The largest absolute Gasteiger partial charge is 0.508 e. The van der Waals surface area contributed by atoms with E-state index in [4.69, 9.17) is 0 Å². The lowest BCUT2D eigenvalue weighted by Gasteiger charge is -2.57. The van der Waals surface area contributed by atoms with Crippen LogP contribution in [0, 0.1) is 17.2 Å². The van der Waals surface area contributed by atoms with E-state index < -0.39 is 5.97 Å². The Hall–Kier alpha value is -2.82. The third-order valence-electron chi connectivity index (χ3n) is 7.13. The number of aliphatic carboxylic acids is 1. The topological polar surface area (TPSA) is 62.5 Å². The predicted octanol–water partition coefficient (Wildman–Crippen LogP) is 5.96. The smallest absolute Gasteiger partial charge is 0.306 e. The van der Waals surface area contributed by atoms with Gasteiger partial charge in [0, 0.05) is 16.8 Å². The first kappa shape index (κ1) is 19.2. The number of carboxylic acid groups (broad SMARTS) is 1. The first-order valence-corrected chi connectivity index (χ1v) is 10.6. The van der Waals surface area contributed by atoms with Crippen molar-refractivity contribution in [1.29, 1.82) is 0 Å². The third kappa shape index (κ3) is 2.83. The highest BCUT2D eigenvalue weighted by atomic mass is 19.1. The van der Waals surface area contributed by atoms with Crippen LogP contribution in [0.25, 0.3) is 16.6 Å². The summed E-state index contributed by atoms with van der Waals surface area (Å²) < 4.78 is 15.8. The molecule has 2 aliphatic rings. The van der Waals surface area contributed by atoms with Crippen LogP contribution in [-0.4, -0.2) is 20.7 Å². The van der Waals surface area contributed by atoms with Crippen LogP contribution in [0.4, 0.5) is 4.39 Å². The maximum absolute atomic E-state index is 13.6. The molecule has 2 aliphatic carbocycles. The molecule has 0 bridgehead atoms. The van der Waals surface area contributed by atoms with Gasteiger partial charge >= 0.3 is 5.97 Å². The van der Waals surface area contributed by atoms with Gasteiger partial charge in [-0.2, -0.15) is 0 Å². The summed E-state index contributed by atoms with van der Waals surface area (Å²) >= 11 is 0. The summed E-state index contributed by atoms with van der Waals surface area (Å²) in [4.78, 5) is 11.2. The minimum absolute atomic E-state index is 0.170. The van der Waals surface area contributed by atoms with E-state index in [1.807, 2.05) is 12.1 Å². The molecule has 2 N–H and O–H groups in total. The third-order valence-corrected chi connectivity index (χ3v) is 7.13. The summed E-state index contributed by atoms with van der Waals surface area (Å²) in [6, 6.07) is 12.0. The molecule has 2 aromatic carbocycles. The molecule has 156 valence electrons. The van der Waals surface area contributed by atoms with Crippen LogP contribution in [0.2, 0.25) is 0 Å². The van der Waals surface area contributed by atoms with Crippen molar-refractivity contribution >= 4 is 16.9 Å². The fourth-order valence-electron chi connectivity index (χ4n) is 5.87. The average molecular weight is 407 g/mol. The lowest BCUT2D eigenvalue weighted by atomic mass is 9.47. The van der Waals surface area contributed by atoms with Crippen LogP contribution >= 0.6 is 0 Å². The molecule has 4 nitrogen and oxygen atoms in total. The van der Waals surface area contributed by atoms with Gasteiger partial charge in [-0.05, 0) is 91.0 Å². The molecule has 3 aromatic rings. The average Bonchev–Trinajstić information content (AvgIpc) is 2.94. The van der Waals surface area contributed by atoms with E-state index in [0.717, 1.165) is 42.3 Å². The van der Waals surface area contributed by atoms with Gasteiger partial charge in [-0.25, -0.2) is 4.39 Å². The first-order valence-electron chi connectivity index (χ1n) is 10.6. The minimum Gasteiger partial charge on any atom is -0.508 e. The standard InChI is InChI=1S/C25H26FNO3/c1-14(2)23-22(15-10-25(11-15)12-16(13-25)24(29)30)20-9-19(28)7-8-21(20)27(23)18-5-3-17(26)4-6-18/h3-9,14-16,28H,10-13H2,1-2H3,(H,29,30). The Kier molecular flexibility index (Phi) is 4.21. The summed E-state index contributed by atoms with van der Waals surface area (Å²) in [7, 11) is 0. The van der Waals surface area contributed by atoms with Crippen molar-refractivity contribution in [1.82, 2.24) is 4.57 Å². The summed E-state index contributed by atoms with van der Waals surface area (Å²) in [6.45, 7) is 4.33. The molecule has 30 heavy (non-hydrogen) atoms. The normalized spacial score (nSPS) is 25.5. The van der Waals surface area contributed by atoms with Gasteiger partial charge in [0.15, 0.2) is 0 Å². The molecular formula is C25H26FNO3. The number of benzene rings is 2. The number of hydrogen-bond donors (Lipinski definition) is 2. The number of aromatic nitrogens is 1. The maximum Gasteiger partial charge on any atom is 0.306 e. The zero-order chi connectivity index (χ0) is 21.2. The Morgan fingerprint density at radius 3 is 2.37 bits per heavy atom. The Morgan fingerprint density at radius 2 is 1.77 bits per heavy atom. The SMILES string of the molecule is CC(C)c1c(C2CC3(CC(C(=O)O)C3)C2)c2cc(O)ccc2n1-c1ccc(F)cc1. The predicted molar refractivity (Wildman–Crippen MR) is 114 cm³/mol. The van der Waals surface area contributed by atoms with Gasteiger partial charge in [-0.3, -0.25) is 4.79 Å². The number of fused-ring (bicyclic) bond motifs is 1. The molecule has 1 aromatic heterocycles. The number of nitrogens with zero attached hydrogens (tertiary/aromatic N) is 1. The van der Waals surface area contributed by atoms with E-state index in [1.54, 1.807) is 18.2 Å². The van der Waals surface area contributed by atoms with Crippen LogP contribution < -0.4 is 0 Å². The van der Waals surface area contributed by atoms with Crippen LogP contribution in [0.15, 0.2) is 42.5 Å². The van der Waals surface area contributed by atoms with Gasteiger partial charge in [0.25, 0.3) is 0 Å². The van der Waals surface area contributed by atoms with Crippen molar-refractivity contribution < 1.29 is 19.4 Å². The number of rotatable bonds is 4. The number of aromatic hydroxyl groups is 1. The monoisotopic (exact) mass is 407 g/mol.